The van der Waals surface area contributed by atoms with E-state index in [9.17, 15) is 9.59 Å². The summed E-state index contributed by atoms with van der Waals surface area (Å²) in [5.74, 6) is -0.418. The second kappa shape index (κ2) is 12.4. The number of hydrogen-bond donors (Lipinski definition) is 1. The van der Waals surface area contributed by atoms with Gasteiger partial charge in [-0.3, -0.25) is 19.2 Å². The average Bonchev–Trinajstić information content (AvgIpc) is 3.30. The van der Waals surface area contributed by atoms with Gasteiger partial charge in [0, 0.05) is 80.1 Å². The topological polar surface area (TPSA) is 96.9 Å². The van der Waals surface area contributed by atoms with E-state index >= 15 is 0 Å². The van der Waals surface area contributed by atoms with Crippen LogP contribution >= 0.6 is 11.6 Å². The summed E-state index contributed by atoms with van der Waals surface area (Å²) in [7, 11) is 0. The summed E-state index contributed by atoms with van der Waals surface area (Å²) in [6.07, 6.45) is 0.728. The van der Waals surface area contributed by atoms with Crippen molar-refractivity contribution in [3.63, 3.8) is 0 Å². The Morgan fingerprint density at radius 2 is 1.77 bits per heavy atom. The molecule has 3 heterocycles. The molecule has 2 aliphatic rings. The average molecular weight is 565 g/mol. The van der Waals surface area contributed by atoms with Crippen LogP contribution in [-0.2, 0) is 33.8 Å². The van der Waals surface area contributed by atoms with Gasteiger partial charge < -0.3 is 20.3 Å². The Balaban J connectivity index is 1.40. The number of nitrogens with two attached hydrogens (primary N) is 1. The highest BCUT2D eigenvalue weighted by molar-refractivity contribution is 6.30. The second-order valence-electron chi connectivity index (χ2n) is 10.6. The quantitative estimate of drug-likeness (QED) is 0.429. The van der Waals surface area contributed by atoms with Crippen molar-refractivity contribution in [1.82, 2.24) is 19.6 Å². The molecular formula is C30H37ClN6O3. The molecule has 0 spiro atoms. The number of halogens is 1. The van der Waals surface area contributed by atoms with Crippen molar-refractivity contribution in [3.8, 4) is 11.3 Å². The molecule has 1 saturated heterocycles. The Morgan fingerprint density at radius 1 is 1.05 bits per heavy atom. The molecule has 9 nitrogen and oxygen atoms in total. The van der Waals surface area contributed by atoms with E-state index in [0.29, 0.717) is 31.3 Å². The fourth-order valence-corrected chi connectivity index (χ4v) is 5.89. The number of piperazine rings is 1. The van der Waals surface area contributed by atoms with Crippen LogP contribution in [0.5, 0.6) is 0 Å². The Morgan fingerprint density at radius 3 is 2.45 bits per heavy atom. The Hall–Kier alpha value is -3.40. The molecule has 5 rings (SSSR count). The highest BCUT2D eigenvalue weighted by Crippen LogP contribution is 2.31. The lowest BCUT2D eigenvalue weighted by Gasteiger charge is -2.40. The molecule has 2 N–H and O–H groups in total. The van der Waals surface area contributed by atoms with Gasteiger partial charge >= 0.3 is 0 Å². The zero-order valence-corrected chi connectivity index (χ0v) is 23.9. The summed E-state index contributed by atoms with van der Waals surface area (Å²) in [5.41, 5.74) is 12.0. The lowest BCUT2D eigenvalue weighted by molar-refractivity contribution is -0.129. The number of amides is 2. The van der Waals surface area contributed by atoms with Gasteiger partial charge in [-0.05, 0) is 30.7 Å². The molecule has 212 valence electrons. The standard InChI is InChI=1S/C30H37ClN6O3/c1-21-5-3-4-6-27(21)35-15-13-34(14-16-35)25(19-40-20-29(32)39)17-37-28-11-12-36(22(2)38)18-26(28)30(33-37)23-7-9-24(31)10-8-23/h3-10,25H,11-20H2,1-2H3,(H2,32,39). The summed E-state index contributed by atoms with van der Waals surface area (Å²) < 4.78 is 7.86. The highest BCUT2D eigenvalue weighted by Gasteiger charge is 2.30. The van der Waals surface area contributed by atoms with E-state index in [-0.39, 0.29) is 18.6 Å². The van der Waals surface area contributed by atoms with E-state index in [1.165, 1.54) is 11.3 Å². The predicted octanol–water partition coefficient (Wildman–Crippen LogP) is 3.11. The van der Waals surface area contributed by atoms with E-state index in [1.54, 1.807) is 6.92 Å². The molecule has 0 radical (unpaired) electrons. The van der Waals surface area contributed by atoms with Gasteiger partial charge in [0.1, 0.15) is 6.61 Å². The third-order valence-corrected chi connectivity index (χ3v) is 8.17. The largest absolute Gasteiger partial charge is 0.370 e. The monoisotopic (exact) mass is 564 g/mol. The second-order valence-corrected chi connectivity index (χ2v) is 11.0. The number of aryl methyl sites for hydroxylation is 1. The predicted molar refractivity (Wildman–Crippen MR) is 156 cm³/mol. The van der Waals surface area contributed by atoms with E-state index in [1.807, 2.05) is 29.2 Å². The first-order chi connectivity index (χ1) is 19.3. The third-order valence-electron chi connectivity index (χ3n) is 7.92. The normalized spacial score (nSPS) is 16.6. The van der Waals surface area contributed by atoms with Crippen LogP contribution in [-0.4, -0.2) is 83.4 Å². The fourth-order valence-electron chi connectivity index (χ4n) is 5.77. The summed E-state index contributed by atoms with van der Waals surface area (Å²) in [5, 5.41) is 5.75. The number of carbonyl (C=O) groups is 2. The fraction of sp³-hybridized carbons (Fsp3) is 0.433. The van der Waals surface area contributed by atoms with Crippen molar-refractivity contribution in [1.29, 1.82) is 0 Å². The maximum atomic E-state index is 12.2. The summed E-state index contributed by atoms with van der Waals surface area (Å²) >= 11 is 6.16. The molecule has 1 fully saturated rings. The third kappa shape index (κ3) is 6.32. The van der Waals surface area contributed by atoms with Crippen LogP contribution in [0.15, 0.2) is 48.5 Å². The van der Waals surface area contributed by atoms with Crippen molar-refractivity contribution >= 4 is 29.1 Å². The number of hydrogen-bond acceptors (Lipinski definition) is 6. The highest BCUT2D eigenvalue weighted by atomic mass is 35.5. The summed E-state index contributed by atoms with van der Waals surface area (Å²) in [6.45, 7) is 9.35. The van der Waals surface area contributed by atoms with Crippen LogP contribution < -0.4 is 10.6 Å². The Kier molecular flexibility index (Phi) is 8.73. The van der Waals surface area contributed by atoms with Crippen molar-refractivity contribution in [3.05, 3.63) is 70.4 Å². The molecule has 3 aromatic rings. The molecule has 2 aliphatic heterocycles. The Bertz CT molecular complexity index is 1350. The van der Waals surface area contributed by atoms with Crippen molar-refractivity contribution < 1.29 is 14.3 Å². The van der Waals surface area contributed by atoms with Crippen LogP contribution in [0.4, 0.5) is 5.69 Å². The van der Waals surface area contributed by atoms with Crippen molar-refractivity contribution in [2.45, 2.75) is 39.4 Å². The molecule has 2 amide bonds. The molecule has 0 saturated carbocycles. The lowest BCUT2D eigenvalue weighted by Crippen LogP contribution is -2.53. The number of para-hydroxylation sites is 1. The number of nitrogens with zero attached hydrogens (tertiary/aromatic N) is 5. The summed E-state index contributed by atoms with van der Waals surface area (Å²) in [6, 6.07) is 16.2. The molecule has 0 bridgehead atoms. The zero-order chi connectivity index (χ0) is 28.2. The van der Waals surface area contributed by atoms with Crippen LogP contribution in [0, 0.1) is 6.92 Å². The first-order valence-electron chi connectivity index (χ1n) is 13.8. The van der Waals surface area contributed by atoms with E-state index in [0.717, 1.165) is 55.1 Å². The molecule has 0 aliphatic carbocycles. The smallest absolute Gasteiger partial charge is 0.243 e. The number of fused-ring (bicyclic) bond motifs is 1. The van der Waals surface area contributed by atoms with Gasteiger partial charge in [0.15, 0.2) is 0 Å². The van der Waals surface area contributed by atoms with Crippen LogP contribution in [0.2, 0.25) is 5.02 Å². The van der Waals surface area contributed by atoms with E-state index < -0.39 is 5.91 Å². The molecule has 40 heavy (non-hydrogen) atoms. The number of primary amides is 1. The minimum atomic E-state index is -0.478. The van der Waals surface area contributed by atoms with Gasteiger partial charge in [-0.15, -0.1) is 0 Å². The minimum absolute atomic E-state index is 0.00581. The first-order valence-corrected chi connectivity index (χ1v) is 14.2. The van der Waals surface area contributed by atoms with Crippen LogP contribution in [0.25, 0.3) is 11.3 Å². The van der Waals surface area contributed by atoms with Gasteiger partial charge in [-0.25, -0.2) is 0 Å². The van der Waals surface area contributed by atoms with Gasteiger partial charge in [-0.2, -0.15) is 5.10 Å². The van der Waals surface area contributed by atoms with E-state index in [2.05, 4.69) is 45.7 Å². The van der Waals surface area contributed by atoms with Crippen molar-refractivity contribution in [2.24, 2.45) is 5.73 Å². The molecule has 2 aromatic carbocycles. The van der Waals surface area contributed by atoms with Gasteiger partial charge in [0.25, 0.3) is 0 Å². The van der Waals surface area contributed by atoms with E-state index in [4.69, 9.17) is 27.2 Å². The number of aromatic nitrogens is 2. The number of ether oxygens (including phenoxy) is 1. The zero-order valence-electron chi connectivity index (χ0n) is 23.2. The SMILES string of the molecule is CC(=O)N1CCc2c(c(-c3ccc(Cl)cc3)nn2CC(COCC(N)=O)N2CCN(c3ccccc3C)CC2)C1. The number of benzene rings is 2. The molecular weight excluding hydrogens is 528 g/mol. The molecule has 1 aromatic heterocycles. The molecule has 1 atom stereocenters. The Labute approximate surface area is 240 Å². The van der Waals surface area contributed by atoms with Crippen LogP contribution in [0.1, 0.15) is 23.7 Å². The lowest BCUT2D eigenvalue weighted by atomic mass is 10.0. The first kappa shape index (κ1) is 28.1. The van der Waals surface area contributed by atoms with Gasteiger partial charge in [-0.1, -0.05) is 41.9 Å². The maximum Gasteiger partial charge on any atom is 0.243 e. The maximum absolute atomic E-state index is 12.2. The summed E-state index contributed by atoms with van der Waals surface area (Å²) in [4.78, 5) is 30.4. The molecule has 10 heteroatoms. The number of rotatable bonds is 9. The van der Waals surface area contributed by atoms with Gasteiger partial charge in [0.2, 0.25) is 11.8 Å². The van der Waals surface area contributed by atoms with Crippen molar-refractivity contribution in [2.75, 3.05) is 50.8 Å². The minimum Gasteiger partial charge on any atom is -0.370 e. The van der Waals surface area contributed by atoms with Crippen LogP contribution in [0.3, 0.4) is 0 Å². The molecule has 1 unspecified atom stereocenters. The van der Waals surface area contributed by atoms with Gasteiger partial charge in [0.05, 0.1) is 24.9 Å². The number of carbonyl (C=O) groups excluding carboxylic acids is 2. The number of anilines is 1.